The number of hydrogen-bond donors (Lipinski definition) is 1. The van der Waals surface area contributed by atoms with Gasteiger partial charge in [0.15, 0.2) is 0 Å². The van der Waals surface area contributed by atoms with E-state index >= 15 is 0 Å². The van der Waals surface area contributed by atoms with Crippen LogP contribution in [0.15, 0.2) is 48.5 Å². The summed E-state index contributed by atoms with van der Waals surface area (Å²) in [5, 5.41) is 10.4. The monoisotopic (exact) mass is 280 g/mol. The lowest BCUT2D eigenvalue weighted by Crippen LogP contribution is -2.18. The average Bonchev–Trinajstić information content (AvgIpc) is 2.50. The molecule has 0 saturated heterocycles. The standard InChI is InChI=1S/C20H24O/c1-15-9-11-16(12-10-15)13-19(21)14-18-7-4-6-17-5-2-3-8-20(17)18/h2-3,5,8-12,18-19,21H,4,6-7,13-14H2,1H3. The highest BCUT2D eigenvalue weighted by molar-refractivity contribution is 5.32. The summed E-state index contributed by atoms with van der Waals surface area (Å²) in [4.78, 5) is 0. The van der Waals surface area contributed by atoms with Crippen LogP contribution < -0.4 is 0 Å². The molecule has 1 N–H and O–H groups in total. The Bertz CT molecular complexity index is 585. The first-order valence-corrected chi connectivity index (χ1v) is 8.04. The molecule has 0 bridgehead atoms. The molecule has 1 aliphatic carbocycles. The SMILES string of the molecule is Cc1ccc(CC(O)CC2CCCc3ccccc32)cc1. The molecule has 0 aliphatic heterocycles. The fraction of sp³-hybridized carbons (Fsp3) is 0.400. The summed E-state index contributed by atoms with van der Waals surface area (Å²) in [5.74, 6) is 0.524. The number of aliphatic hydroxyl groups is 1. The normalized spacial score (nSPS) is 19.0. The second kappa shape index (κ2) is 6.44. The number of rotatable bonds is 4. The molecule has 0 heterocycles. The van der Waals surface area contributed by atoms with Crippen LogP contribution in [-0.2, 0) is 12.8 Å². The van der Waals surface area contributed by atoms with Crippen molar-refractivity contribution in [1.29, 1.82) is 0 Å². The van der Waals surface area contributed by atoms with Gasteiger partial charge in [-0.3, -0.25) is 0 Å². The lowest BCUT2D eigenvalue weighted by molar-refractivity contribution is 0.152. The van der Waals surface area contributed by atoms with Crippen LogP contribution in [0.4, 0.5) is 0 Å². The average molecular weight is 280 g/mol. The third-order valence-corrected chi connectivity index (χ3v) is 4.64. The van der Waals surface area contributed by atoms with Crippen molar-refractivity contribution in [3.8, 4) is 0 Å². The van der Waals surface area contributed by atoms with Gasteiger partial charge >= 0.3 is 0 Å². The van der Waals surface area contributed by atoms with Gasteiger partial charge in [-0.15, -0.1) is 0 Å². The molecule has 2 atom stereocenters. The van der Waals surface area contributed by atoms with Crippen LogP contribution in [0.3, 0.4) is 0 Å². The van der Waals surface area contributed by atoms with Crippen molar-refractivity contribution in [2.75, 3.05) is 0 Å². The van der Waals surface area contributed by atoms with E-state index in [1.54, 1.807) is 0 Å². The first-order valence-electron chi connectivity index (χ1n) is 8.04. The lowest BCUT2D eigenvalue weighted by Gasteiger charge is -2.27. The second-order valence-electron chi connectivity index (χ2n) is 6.37. The molecule has 2 aromatic rings. The van der Waals surface area contributed by atoms with Gasteiger partial charge in [0, 0.05) is 0 Å². The van der Waals surface area contributed by atoms with Crippen molar-refractivity contribution < 1.29 is 5.11 Å². The molecule has 0 spiro atoms. The number of aliphatic hydroxyl groups excluding tert-OH is 1. The van der Waals surface area contributed by atoms with Crippen LogP contribution in [0.25, 0.3) is 0 Å². The number of benzene rings is 2. The van der Waals surface area contributed by atoms with E-state index in [0.717, 1.165) is 12.8 Å². The van der Waals surface area contributed by atoms with Crippen LogP contribution in [-0.4, -0.2) is 11.2 Å². The van der Waals surface area contributed by atoms with Gasteiger partial charge in [0.05, 0.1) is 6.10 Å². The van der Waals surface area contributed by atoms with Crippen molar-refractivity contribution in [1.82, 2.24) is 0 Å². The quantitative estimate of drug-likeness (QED) is 0.879. The van der Waals surface area contributed by atoms with E-state index in [2.05, 4.69) is 55.5 Å². The Kier molecular flexibility index (Phi) is 4.40. The number of hydrogen-bond acceptors (Lipinski definition) is 1. The maximum Gasteiger partial charge on any atom is 0.0586 e. The largest absolute Gasteiger partial charge is 0.393 e. The molecular formula is C20H24O. The van der Waals surface area contributed by atoms with Crippen molar-refractivity contribution in [3.63, 3.8) is 0 Å². The van der Waals surface area contributed by atoms with Gasteiger partial charge in [-0.2, -0.15) is 0 Å². The van der Waals surface area contributed by atoms with Gasteiger partial charge in [-0.1, -0.05) is 54.1 Å². The van der Waals surface area contributed by atoms with Crippen molar-refractivity contribution in [2.45, 2.75) is 51.0 Å². The number of aryl methyl sites for hydroxylation is 2. The minimum Gasteiger partial charge on any atom is -0.393 e. The smallest absolute Gasteiger partial charge is 0.0586 e. The van der Waals surface area contributed by atoms with E-state index in [1.165, 1.54) is 41.5 Å². The summed E-state index contributed by atoms with van der Waals surface area (Å²) < 4.78 is 0. The van der Waals surface area contributed by atoms with Crippen LogP contribution in [0.2, 0.25) is 0 Å². The molecule has 1 heteroatoms. The van der Waals surface area contributed by atoms with E-state index < -0.39 is 0 Å². The zero-order valence-corrected chi connectivity index (χ0v) is 12.8. The minimum atomic E-state index is -0.246. The maximum atomic E-state index is 10.4. The molecule has 2 aromatic carbocycles. The summed E-state index contributed by atoms with van der Waals surface area (Å²) in [6.45, 7) is 2.10. The van der Waals surface area contributed by atoms with Gasteiger partial charge in [-0.05, 0) is 61.6 Å². The van der Waals surface area contributed by atoms with Crippen LogP contribution in [0.1, 0.15) is 47.4 Å². The Hall–Kier alpha value is -1.60. The molecule has 0 aromatic heterocycles. The summed E-state index contributed by atoms with van der Waals surface area (Å²) in [5.41, 5.74) is 5.45. The van der Waals surface area contributed by atoms with Crippen LogP contribution >= 0.6 is 0 Å². The Labute approximate surface area is 127 Å². The molecule has 3 rings (SSSR count). The topological polar surface area (TPSA) is 20.2 Å². The van der Waals surface area contributed by atoms with E-state index in [0.29, 0.717) is 5.92 Å². The summed E-state index contributed by atoms with van der Waals surface area (Å²) in [6, 6.07) is 17.3. The Morgan fingerprint density at radius 2 is 1.86 bits per heavy atom. The summed E-state index contributed by atoms with van der Waals surface area (Å²) >= 11 is 0. The predicted octanol–water partition coefficient (Wildman–Crippen LogP) is 4.41. The van der Waals surface area contributed by atoms with Gasteiger partial charge in [0.2, 0.25) is 0 Å². The molecule has 0 fully saturated rings. The van der Waals surface area contributed by atoms with Gasteiger partial charge in [-0.25, -0.2) is 0 Å². The van der Waals surface area contributed by atoms with Crippen LogP contribution in [0.5, 0.6) is 0 Å². The summed E-state index contributed by atoms with van der Waals surface area (Å²) in [6.07, 6.45) is 5.05. The Morgan fingerprint density at radius 3 is 2.67 bits per heavy atom. The van der Waals surface area contributed by atoms with E-state index in [9.17, 15) is 5.11 Å². The minimum absolute atomic E-state index is 0.246. The molecule has 1 aliphatic rings. The Morgan fingerprint density at radius 1 is 1.10 bits per heavy atom. The lowest BCUT2D eigenvalue weighted by atomic mass is 9.79. The molecule has 21 heavy (non-hydrogen) atoms. The van der Waals surface area contributed by atoms with Gasteiger partial charge in [0.1, 0.15) is 0 Å². The molecule has 0 saturated carbocycles. The predicted molar refractivity (Wildman–Crippen MR) is 87.6 cm³/mol. The first-order chi connectivity index (χ1) is 10.2. The zero-order chi connectivity index (χ0) is 14.7. The Balaban J connectivity index is 1.65. The fourth-order valence-corrected chi connectivity index (χ4v) is 3.51. The molecule has 110 valence electrons. The van der Waals surface area contributed by atoms with E-state index in [4.69, 9.17) is 0 Å². The first kappa shape index (κ1) is 14.3. The third-order valence-electron chi connectivity index (χ3n) is 4.64. The highest BCUT2D eigenvalue weighted by atomic mass is 16.3. The van der Waals surface area contributed by atoms with E-state index in [-0.39, 0.29) is 6.10 Å². The van der Waals surface area contributed by atoms with Crippen molar-refractivity contribution in [2.24, 2.45) is 0 Å². The second-order valence-corrected chi connectivity index (χ2v) is 6.37. The fourth-order valence-electron chi connectivity index (χ4n) is 3.51. The molecule has 0 amide bonds. The third kappa shape index (κ3) is 3.54. The van der Waals surface area contributed by atoms with E-state index in [1.807, 2.05) is 0 Å². The maximum absolute atomic E-state index is 10.4. The highest BCUT2D eigenvalue weighted by Crippen LogP contribution is 2.35. The molecule has 2 unspecified atom stereocenters. The van der Waals surface area contributed by atoms with Crippen LogP contribution in [0, 0.1) is 6.92 Å². The highest BCUT2D eigenvalue weighted by Gasteiger charge is 2.22. The number of fused-ring (bicyclic) bond motifs is 1. The van der Waals surface area contributed by atoms with Gasteiger partial charge in [0.25, 0.3) is 0 Å². The van der Waals surface area contributed by atoms with Crippen molar-refractivity contribution in [3.05, 3.63) is 70.8 Å². The molecule has 1 nitrogen and oxygen atoms in total. The summed E-state index contributed by atoms with van der Waals surface area (Å²) in [7, 11) is 0. The zero-order valence-electron chi connectivity index (χ0n) is 12.8. The van der Waals surface area contributed by atoms with Gasteiger partial charge < -0.3 is 5.11 Å². The molecular weight excluding hydrogens is 256 g/mol. The molecule has 0 radical (unpaired) electrons. The van der Waals surface area contributed by atoms with Crippen molar-refractivity contribution >= 4 is 0 Å².